The molecule has 0 saturated heterocycles. The molecule has 1 aromatic carbocycles. The molecule has 1 fully saturated rings. The summed E-state index contributed by atoms with van der Waals surface area (Å²) in [6.07, 6.45) is 4.24. The summed E-state index contributed by atoms with van der Waals surface area (Å²) in [5, 5.41) is 7.22. The highest BCUT2D eigenvalue weighted by Crippen LogP contribution is 2.24. The Morgan fingerprint density at radius 3 is 2.64 bits per heavy atom. The number of benzene rings is 1. The van der Waals surface area contributed by atoms with Gasteiger partial charge < -0.3 is 15.4 Å². The maximum atomic E-state index is 12.2. The Bertz CT molecular complexity index is 661. The van der Waals surface area contributed by atoms with Gasteiger partial charge in [-0.15, -0.1) is 24.0 Å². The Hall–Kier alpha value is -0.830. The average molecular weight is 522 g/mol. The summed E-state index contributed by atoms with van der Waals surface area (Å²) in [6, 6.07) is 8.42. The smallest absolute Gasteiger partial charge is 0.191 e. The van der Waals surface area contributed by atoms with Gasteiger partial charge in [0.2, 0.25) is 0 Å². The summed E-state index contributed by atoms with van der Waals surface area (Å²) in [5.74, 6) is 2.42. The van der Waals surface area contributed by atoms with Crippen molar-refractivity contribution in [3.05, 3.63) is 29.8 Å². The molecule has 0 spiro atoms. The molecule has 5 nitrogen and oxygen atoms in total. The minimum absolute atomic E-state index is 0. The molecule has 28 heavy (non-hydrogen) atoms. The fourth-order valence-corrected chi connectivity index (χ4v) is 4.74. The normalized spacial score (nSPS) is 21.4. The lowest BCUT2D eigenvalue weighted by Gasteiger charge is -2.30. The third-order valence-electron chi connectivity index (χ3n) is 4.68. The third kappa shape index (κ3) is 8.27. The molecule has 1 aromatic rings. The number of hydrogen-bond donors (Lipinski definition) is 2. The van der Waals surface area contributed by atoms with Crippen LogP contribution in [0.25, 0.3) is 0 Å². The molecule has 0 bridgehead atoms. The van der Waals surface area contributed by atoms with E-state index in [0.29, 0.717) is 17.8 Å². The largest absolute Gasteiger partial charge is 0.488 e. The van der Waals surface area contributed by atoms with E-state index in [4.69, 9.17) is 4.74 Å². The summed E-state index contributed by atoms with van der Waals surface area (Å²) in [5.41, 5.74) is 0.867. The molecule has 3 atom stereocenters. The van der Waals surface area contributed by atoms with Crippen molar-refractivity contribution >= 4 is 40.7 Å². The van der Waals surface area contributed by atoms with Gasteiger partial charge in [0.15, 0.2) is 5.96 Å². The lowest BCUT2D eigenvalue weighted by Crippen LogP contribution is -2.46. The van der Waals surface area contributed by atoms with Crippen LogP contribution in [0, 0.1) is 0 Å². The number of aliphatic imine (C=N–C) groups is 1. The van der Waals surface area contributed by atoms with E-state index in [-0.39, 0.29) is 29.6 Å². The lowest BCUT2D eigenvalue weighted by atomic mass is 9.95. The molecule has 1 saturated carbocycles. The van der Waals surface area contributed by atoms with Crippen LogP contribution in [0.15, 0.2) is 29.3 Å². The third-order valence-corrected chi connectivity index (χ3v) is 6.42. The molecule has 160 valence electrons. The van der Waals surface area contributed by atoms with Crippen LogP contribution >= 0.6 is 24.0 Å². The highest BCUT2D eigenvalue weighted by molar-refractivity contribution is 14.0. The van der Waals surface area contributed by atoms with Gasteiger partial charge in [0, 0.05) is 47.0 Å². The number of para-hydroxylation sites is 1. The Balaban J connectivity index is 0.00000392. The molecule has 1 aliphatic carbocycles. The number of rotatable bonds is 6. The monoisotopic (exact) mass is 521 g/mol. The minimum atomic E-state index is -0.714. The summed E-state index contributed by atoms with van der Waals surface area (Å²) in [7, 11) is 1.07. The Morgan fingerprint density at radius 2 is 2.00 bits per heavy atom. The predicted octanol–water partition coefficient (Wildman–Crippen LogP) is 4.23. The Kier molecular flexibility index (Phi) is 10.8. The number of ether oxygens (including phenoxy) is 1. The fourth-order valence-electron chi connectivity index (χ4n) is 3.40. The summed E-state index contributed by atoms with van der Waals surface area (Å²) in [6.45, 7) is 8.81. The van der Waals surface area contributed by atoms with Crippen molar-refractivity contribution in [1.29, 1.82) is 0 Å². The van der Waals surface area contributed by atoms with E-state index < -0.39 is 10.8 Å². The second-order valence-corrected chi connectivity index (χ2v) is 10.1. The molecular weight excluding hydrogens is 485 g/mol. The maximum absolute atomic E-state index is 12.2. The summed E-state index contributed by atoms with van der Waals surface area (Å²) < 4.78 is 18.2. The van der Waals surface area contributed by atoms with Crippen LogP contribution in [-0.4, -0.2) is 39.9 Å². The van der Waals surface area contributed by atoms with Crippen molar-refractivity contribution in [3.8, 4) is 5.75 Å². The van der Waals surface area contributed by atoms with Gasteiger partial charge in [-0.05, 0) is 46.1 Å². The molecule has 3 unspecified atom stereocenters. The van der Waals surface area contributed by atoms with Crippen molar-refractivity contribution in [2.45, 2.75) is 76.8 Å². The first-order chi connectivity index (χ1) is 12.8. The maximum Gasteiger partial charge on any atom is 0.191 e. The van der Waals surface area contributed by atoms with E-state index in [1.165, 1.54) is 0 Å². The van der Waals surface area contributed by atoms with Gasteiger partial charge in [0.1, 0.15) is 11.4 Å². The molecular formula is C21H36IN3O2S. The standard InChI is InChI=1S/C21H35N3O2S.HI/c1-6-27(25)18-12-9-11-17(14-18)24-20(22-5)23-15-16-10-7-8-13-19(16)26-21(2,3)4;/h7-8,10,13,17-18H,6,9,11-12,14-15H2,1-5H3,(H2,22,23,24);1H. The van der Waals surface area contributed by atoms with Gasteiger partial charge in [-0.25, -0.2) is 0 Å². The SMILES string of the molecule is CCS(=O)C1CCCC(NC(=NC)NCc2ccccc2OC(C)(C)C)C1.I. The zero-order valence-electron chi connectivity index (χ0n) is 17.8. The van der Waals surface area contributed by atoms with Crippen molar-refractivity contribution < 1.29 is 8.95 Å². The Morgan fingerprint density at radius 1 is 1.29 bits per heavy atom. The van der Waals surface area contributed by atoms with Crippen LogP contribution in [0.3, 0.4) is 0 Å². The lowest BCUT2D eigenvalue weighted by molar-refractivity contribution is 0.129. The highest BCUT2D eigenvalue weighted by Gasteiger charge is 2.26. The number of guanidine groups is 1. The molecule has 0 aliphatic heterocycles. The zero-order chi connectivity index (χ0) is 19.9. The number of nitrogens with zero attached hydrogens (tertiary/aromatic N) is 1. The van der Waals surface area contributed by atoms with E-state index in [0.717, 1.165) is 48.7 Å². The molecule has 7 heteroatoms. The van der Waals surface area contributed by atoms with Gasteiger partial charge in [-0.3, -0.25) is 9.20 Å². The van der Waals surface area contributed by atoms with Crippen LogP contribution in [0.1, 0.15) is 58.9 Å². The Labute approximate surface area is 190 Å². The van der Waals surface area contributed by atoms with Crippen molar-refractivity contribution in [1.82, 2.24) is 10.6 Å². The molecule has 1 aliphatic rings. The van der Waals surface area contributed by atoms with E-state index in [1.807, 2.05) is 25.1 Å². The minimum Gasteiger partial charge on any atom is -0.488 e. The molecule has 0 amide bonds. The average Bonchev–Trinajstić information content (AvgIpc) is 2.64. The second-order valence-electron chi connectivity index (χ2n) is 8.05. The fraction of sp³-hybridized carbons (Fsp3) is 0.667. The van der Waals surface area contributed by atoms with Crippen LogP contribution in [-0.2, 0) is 17.3 Å². The highest BCUT2D eigenvalue weighted by atomic mass is 127. The van der Waals surface area contributed by atoms with Gasteiger partial charge in [-0.1, -0.05) is 31.5 Å². The number of halogens is 1. The van der Waals surface area contributed by atoms with Crippen molar-refractivity contribution in [3.63, 3.8) is 0 Å². The molecule has 0 aromatic heterocycles. The molecule has 0 heterocycles. The van der Waals surface area contributed by atoms with Gasteiger partial charge >= 0.3 is 0 Å². The molecule has 2 N–H and O–H groups in total. The van der Waals surface area contributed by atoms with E-state index in [1.54, 1.807) is 7.05 Å². The van der Waals surface area contributed by atoms with Gasteiger partial charge in [-0.2, -0.15) is 0 Å². The van der Waals surface area contributed by atoms with Crippen LogP contribution in [0.4, 0.5) is 0 Å². The van der Waals surface area contributed by atoms with Crippen molar-refractivity contribution in [2.24, 2.45) is 4.99 Å². The first-order valence-electron chi connectivity index (χ1n) is 9.93. The van der Waals surface area contributed by atoms with E-state index in [9.17, 15) is 4.21 Å². The number of hydrogen-bond acceptors (Lipinski definition) is 3. The second kappa shape index (κ2) is 12.0. The van der Waals surface area contributed by atoms with Gasteiger partial charge in [0.25, 0.3) is 0 Å². The van der Waals surface area contributed by atoms with Crippen LogP contribution in [0.5, 0.6) is 5.75 Å². The first-order valence-corrected chi connectivity index (χ1v) is 11.3. The first kappa shape index (κ1) is 25.2. The number of nitrogens with one attached hydrogen (secondary N) is 2. The quantitative estimate of drug-likeness (QED) is 0.334. The predicted molar refractivity (Wildman–Crippen MR) is 130 cm³/mol. The molecule has 2 rings (SSSR count). The van der Waals surface area contributed by atoms with E-state index >= 15 is 0 Å². The van der Waals surface area contributed by atoms with E-state index in [2.05, 4.69) is 42.5 Å². The molecule has 0 radical (unpaired) electrons. The zero-order valence-corrected chi connectivity index (χ0v) is 20.9. The summed E-state index contributed by atoms with van der Waals surface area (Å²) in [4.78, 5) is 4.37. The van der Waals surface area contributed by atoms with Crippen LogP contribution in [0.2, 0.25) is 0 Å². The topological polar surface area (TPSA) is 62.7 Å². The van der Waals surface area contributed by atoms with Crippen LogP contribution < -0.4 is 15.4 Å². The summed E-state index contributed by atoms with van der Waals surface area (Å²) >= 11 is 0. The van der Waals surface area contributed by atoms with Crippen molar-refractivity contribution in [2.75, 3.05) is 12.8 Å². The van der Waals surface area contributed by atoms with Gasteiger partial charge in [0.05, 0.1) is 0 Å².